The third kappa shape index (κ3) is 35.6. The van der Waals surface area contributed by atoms with Crippen molar-refractivity contribution in [3.8, 4) is 0 Å². The van der Waals surface area contributed by atoms with E-state index in [1.54, 1.807) is 6.08 Å². The monoisotopic (exact) mass is 743 g/mol. The van der Waals surface area contributed by atoms with Gasteiger partial charge < -0.3 is 21.1 Å². The molecule has 9 heteroatoms. The molecule has 0 radical (unpaired) electrons. The van der Waals surface area contributed by atoms with Gasteiger partial charge in [-0.1, -0.05) is 136 Å². The molecule has 0 heterocycles. The predicted molar refractivity (Wildman–Crippen MR) is 221 cm³/mol. The van der Waals surface area contributed by atoms with Gasteiger partial charge in [-0.15, -0.1) is 0 Å². The van der Waals surface area contributed by atoms with Gasteiger partial charge in [0.2, 0.25) is 5.91 Å². The van der Waals surface area contributed by atoms with Gasteiger partial charge in [-0.3, -0.25) is 13.8 Å². The molecular weight excluding hydrogens is 671 g/mol. The number of allylic oxidation sites excluding steroid dienone is 17. The maximum Gasteiger partial charge on any atom is 0.472 e. The largest absolute Gasteiger partial charge is 0.472 e. The van der Waals surface area contributed by atoms with E-state index in [9.17, 15) is 19.4 Å². The number of nitrogens with two attached hydrogens (primary N) is 1. The van der Waals surface area contributed by atoms with Crippen LogP contribution in [-0.4, -0.2) is 47.8 Å². The Labute approximate surface area is 316 Å². The zero-order chi connectivity index (χ0) is 38.2. The highest BCUT2D eigenvalue weighted by Gasteiger charge is 2.26. The molecule has 3 unspecified atom stereocenters. The molecule has 0 aromatic heterocycles. The summed E-state index contributed by atoms with van der Waals surface area (Å²) in [5.41, 5.74) is 5.34. The number of hydrogen-bond donors (Lipinski definition) is 4. The van der Waals surface area contributed by atoms with E-state index in [2.05, 4.69) is 116 Å². The minimum atomic E-state index is -4.36. The predicted octanol–water partition coefficient (Wildman–Crippen LogP) is 10.6. The van der Waals surface area contributed by atoms with Gasteiger partial charge in [0.25, 0.3) is 0 Å². The van der Waals surface area contributed by atoms with E-state index in [1.807, 2.05) is 6.08 Å². The van der Waals surface area contributed by atoms with Crippen molar-refractivity contribution in [1.29, 1.82) is 0 Å². The van der Waals surface area contributed by atoms with Crippen LogP contribution in [0.15, 0.2) is 109 Å². The van der Waals surface area contributed by atoms with Crippen molar-refractivity contribution in [2.75, 3.05) is 19.8 Å². The molecule has 0 aliphatic rings. The summed E-state index contributed by atoms with van der Waals surface area (Å²) in [6.45, 7) is 3.80. The molecule has 0 saturated heterocycles. The van der Waals surface area contributed by atoms with E-state index >= 15 is 0 Å². The first kappa shape index (κ1) is 49.2. The number of nitrogens with one attached hydrogen (secondary N) is 1. The molecule has 0 aliphatic carbocycles. The van der Waals surface area contributed by atoms with Gasteiger partial charge in [0.1, 0.15) is 0 Å². The molecule has 0 aromatic rings. The Morgan fingerprint density at radius 2 is 1.08 bits per heavy atom. The molecule has 52 heavy (non-hydrogen) atoms. The summed E-state index contributed by atoms with van der Waals surface area (Å²) >= 11 is 0. The van der Waals surface area contributed by atoms with Gasteiger partial charge in [-0.05, 0) is 89.9 Å². The Kier molecular flexibility index (Phi) is 35.8. The van der Waals surface area contributed by atoms with Crippen LogP contribution in [0.1, 0.15) is 123 Å². The van der Waals surface area contributed by atoms with Gasteiger partial charge in [-0.25, -0.2) is 4.57 Å². The maximum absolute atomic E-state index is 12.7. The van der Waals surface area contributed by atoms with E-state index in [1.165, 1.54) is 0 Å². The molecular formula is C43H71N2O6P. The van der Waals surface area contributed by atoms with Crippen molar-refractivity contribution in [1.82, 2.24) is 5.32 Å². The van der Waals surface area contributed by atoms with Crippen molar-refractivity contribution < 1.29 is 28.4 Å². The van der Waals surface area contributed by atoms with Crippen LogP contribution in [0, 0.1) is 0 Å². The minimum absolute atomic E-state index is 0.0602. The fourth-order valence-electron chi connectivity index (χ4n) is 4.70. The van der Waals surface area contributed by atoms with Gasteiger partial charge in [0.15, 0.2) is 0 Å². The van der Waals surface area contributed by atoms with Crippen LogP contribution in [0.3, 0.4) is 0 Å². The number of phosphoric ester groups is 1. The number of amides is 1. The lowest BCUT2D eigenvalue weighted by atomic mass is 10.1. The average molecular weight is 743 g/mol. The molecule has 294 valence electrons. The van der Waals surface area contributed by atoms with Crippen LogP contribution >= 0.6 is 7.82 Å². The molecule has 0 aromatic carbocycles. The molecule has 5 N–H and O–H groups in total. The minimum Gasteiger partial charge on any atom is -0.387 e. The standard InChI is InChI=1S/C43H71N2O6P/c1-3-5-7-9-11-13-15-16-17-18-19-20-21-22-23-24-25-26-27-29-31-33-35-37-43(47)45-41(40-51-52(48,49)50-39-38-44)42(46)36-34-32-30-28-14-12-10-8-6-4-2/h5-8,11,13-14,16-17,19-20,22-23,25-26,28,34,36,41-42,46H,3-4,9-10,12,15,18,21,24,27,29-33,35,37-40,44H2,1-2H3,(H,45,47)(H,48,49)/b7-5-,8-6+,13-11-,17-16-,20-19-,23-22-,26-25-,28-14+,36-34+. The molecule has 0 rings (SSSR count). The molecule has 1 amide bonds. The summed E-state index contributed by atoms with van der Waals surface area (Å²) in [7, 11) is -4.36. The Morgan fingerprint density at radius 3 is 1.62 bits per heavy atom. The zero-order valence-electron chi connectivity index (χ0n) is 32.2. The third-order valence-corrected chi connectivity index (χ3v) is 8.56. The highest BCUT2D eigenvalue weighted by Crippen LogP contribution is 2.43. The molecule has 0 saturated carbocycles. The van der Waals surface area contributed by atoms with Gasteiger partial charge in [0, 0.05) is 13.0 Å². The average Bonchev–Trinajstić information content (AvgIpc) is 3.13. The number of carbonyl (C=O) groups excluding carboxylic acids is 1. The number of unbranched alkanes of at least 4 members (excludes halogenated alkanes) is 6. The Morgan fingerprint density at radius 1 is 0.635 bits per heavy atom. The van der Waals surface area contributed by atoms with Crippen molar-refractivity contribution in [2.45, 2.75) is 135 Å². The van der Waals surface area contributed by atoms with E-state index < -0.39 is 20.0 Å². The molecule has 0 fully saturated rings. The number of phosphoric acid groups is 1. The molecule has 0 bridgehead atoms. The molecule has 8 nitrogen and oxygen atoms in total. The number of hydrogen-bond acceptors (Lipinski definition) is 6. The lowest BCUT2D eigenvalue weighted by molar-refractivity contribution is -0.123. The topological polar surface area (TPSA) is 131 Å². The fraction of sp³-hybridized carbons (Fsp3) is 0.558. The van der Waals surface area contributed by atoms with Gasteiger partial charge >= 0.3 is 7.82 Å². The van der Waals surface area contributed by atoms with E-state index in [4.69, 9.17) is 14.8 Å². The first-order valence-corrected chi connectivity index (χ1v) is 21.0. The van der Waals surface area contributed by atoms with Crippen molar-refractivity contribution in [3.05, 3.63) is 109 Å². The first-order valence-electron chi connectivity index (χ1n) is 19.5. The van der Waals surface area contributed by atoms with Crippen LogP contribution in [0.25, 0.3) is 0 Å². The molecule has 0 aliphatic heterocycles. The maximum atomic E-state index is 12.7. The highest BCUT2D eigenvalue weighted by molar-refractivity contribution is 7.47. The zero-order valence-corrected chi connectivity index (χ0v) is 33.1. The fourth-order valence-corrected chi connectivity index (χ4v) is 5.46. The highest BCUT2D eigenvalue weighted by atomic mass is 31.2. The lowest BCUT2D eigenvalue weighted by Crippen LogP contribution is -2.45. The summed E-state index contributed by atoms with van der Waals surface area (Å²) in [6, 6.07) is -0.903. The second kappa shape index (κ2) is 37.9. The van der Waals surface area contributed by atoms with Crippen molar-refractivity contribution >= 4 is 13.7 Å². The SMILES string of the molecule is CC/C=C\C/C=C\C/C=C\C/C=C\C/C=C\C/C=C\CCCCCCC(=O)NC(COP(=O)(O)OCCN)C(O)/C=C/CC/C=C/CC/C=C/CC. The van der Waals surface area contributed by atoms with E-state index in [-0.39, 0.29) is 25.7 Å². The summed E-state index contributed by atoms with van der Waals surface area (Å²) in [6.07, 6.45) is 52.9. The molecule has 3 atom stereocenters. The quantitative estimate of drug-likeness (QED) is 0.0293. The second-order valence-electron chi connectivity index (χ2n) is 12.4. The summed E-state index contributed by atoms with van der Waals surface area (Å²) in [4.78, 5) is 22.6. The van der Waals surface area contributed by atoms with Crippen LogP contribution < -0.4 is 11.1 Å². The van der Waals surface area contributed by atoms with Crippen LogP contribution in [0.5, 0.6) is 0 Å². The number of carbonyl (C=O) groups is 1. The Hall–Kier alpha value is -2.84. The van der Waals surface area contributed by atoms with Gasteiger partial charge in [0.05, 0.1) is 25.4 Å². The molecule has 0 spiro atoms. The van der Waals surface area contributed by atoms with Crippen LogP contribution in [-0.2, 0) is 18.4 Å². The second-order valence-corrected chi connectivity index (χ2v) is 13.8. The smallest absolute Gasteiger partial charge is 0.387 e. The number of aliphatic hydroxyl groups is 1. The lowest BCUT2D eigenvalue weighted by Gasteiger charge is -2.23. The number of rotatable bonds is 34. The third-order valence-electron chi connectivity index (χ3n) is 7.57. The summed E-state index contributed by atoms with van der Waals surface area (Å²) < 4.78 is 22.0. The summed E-state index contributed by atoms with van der Waals surface area (Å²) in [5, 5.41) is 13.5. The first-order chi connectivity index (χ1) is 25.4. The van der Waals surface area contributed by atoms with E-state index in [0.717, 1.165) is 96.3 Å². The Balaban J connectivity index is 4.32. The normalized spacial score (nSPS) is 15.4. The Bertz CT molecular complexity index is 1170. The van der Waals surface area contributed by atoms with Crippen molar-refractivity contribution in [2.24, 2.45) is 5.73 Å². The van der Waals surface area contributed by atoms with Crippen LogP contribution in [0.4, 0.5) is 0 Å². The van der Waals surface area contributed by atoms with Crippen molar-refractivity contribution in [3.63, 3.8) is 0 Å². The van der Waals surface area contributed by atoms with Gasteiger partial charge in [-0.2, -0.15) is 0 Å². The summed E-state index contributed by atoms with van der Waals surface area (Å²) in [5.74, 6) is -0.242. The number of aliphatic hydroxyl groups excluding tert-OH is 1. The van der Waals surface area contributed by atoms with Crippen LogP contribution in [0.2, 0.25) is 0 Å². The van der Waals surface area contributed by atoms with E-state index in [0.29, 0.717) is 12.8 Å².